The Hall–Kier alpha value is -0.320. The first-order valence-corrected chi connectivity index (χ1v) is 8.65. The van der Waals surface area contributed by atoms with Gasteiger partial charge < -0.3 is 10.4 Å². The van der Waals surface area contributed by atoms with Gasteiger partial charge in [0, 0.05) is 35.1 Å². The van der Waals surface area contributed by atoms with Gasteiger partial charge in [-0.15, -0.1) is 0 Å². The van der Waals surface area contributed by atoms with Crippen LogP contribution in [0.25, 0.3) is 0 Å². The fourth-order valence-corrected chi connectivity index (χ4v) is 4.67. The van der Waals surface area contributed by atoms with Crippen LogP contribution in [0.15, 0.2) is 24.3 Å². The Morgan fingerprint density at radius 3 is 2.78 bits per heavy atom. The van der Waals surface area contributed by atoms with E-state index in [1.807, 2.05) is 12.1 Å². The van der Waals surface area contributed by atoms with Crippen molar-refractivity contribution in [3.05, 3.63) is 29.8 Å². The Kier molecular flexibility index (Phi) is 5.73. The molecule has 100 valence electrons. The van der Waals surface area contributed by atoms with E-state index >= 15 is 0 Å². The Balaban J connectivity index is 1.71. The zero-order valence-corrected chi connectivity index (χ0v) is 12.4. The number of thioether (sulfide) groups is 2. The van der Waals surface area contributed by atoms with Crippen molar-refractivity contribution in [1.29, 1.82) is 0 Å². The molecule has 1 aliphatic rings. The number of aromatic hydroxyl groups is 1. The molecule has 0 bridgehead atoms. The molecule has 0 amide bonds. The molecule has 0 spiro atoms. The Labute approximate surface area is 118 Å². The maximum absolute atomic E-state index is 9.24. The van der Waals surface area contributed by atoms with Crippen LogP contribution in [-0.2, 0) is 6.42 Å². The number of nitrogens with one attached hydrogen (secondary N) is 1. The zero-order valence-electron chi connectivity index (χ0n) is 10.8. The smallest absolute Gasteiger partial charge is 0.115 e. The predicted molar refractivity (Wildman–Crippen MR) is 82.8 cm³/mol. The monoisotopic (exact) mass is 283 g/mol. The van der Waals surface area contributed by atoms with Crippen LogP contribution in [0, 0.1) is 0 Å². The minimum atomic E-state index is 0.343. The fourth-order valence-electron chi connectivity index (χ4n) is 2.04. The molecule has 2 N–H and O–H groups in total. The van der Waals surface area contributed by atoms with Crippen LogP contribution < -0.4 is 5.32 Å². The van der Waals surface area contributed by atoms with Gasteiger partial charge in [0.2, 0.25) is 0 Å². The van der Waals surface area contributed by atoms with E-state index in [2.05, 4.69) is 35.8 Å². The van der Waals surface area contributed by atoms with E-state index < -0.39 is 0 Å². The van der Waals surface area contributed by atoms with Crippen molar-refractivity contribution in [2.24, 2.45) is 0 Å². The van der Waals surface area contributed by atoms with E-state index in [1.54, 1.807) is 12.1 Å². The Morgan fingerprint density at radius 2 is 2.11 bits per heavy atom. The SMILES string of the molecule is CC(Cc1ccc(O)cc1)NCC1CSCCS1. The number of phenols is 1. The van der Waals surface area contributed by atoms with Crippen molar-refractivity contribution < 1.29 is 5.11 Å². The summed E-state index contributed by atoms with van der Waals surface area (Å²) >= 11 is 4.17. The molecule has 2 unspecified atom stereocenters. The first-order chi connectivity index (χ1) is 8.74. The molecule has 4 heteroatoms. The van der Waals surface area contributed by atoms with Gasteiger partial charge in [-0.2, -0.15) is 23.5 Å². The lowest BCUT2D eigenvalue weighted by atomic mass is 10.1. The van der Waals surface area contributed by atoms with Crippen LogP contribution in [0.1, 0.15) is 12.5 Å². The molecule has 1 fully saturated rings. The van der Waals surface area contributed by atoms with E-state index in [0.29, 0.717) is 11.8 Å². The van der Waals surface area contributed by atoms with Gasteiger partial charge in [0.15, 0.2) is 0 Å². The van der Waals surface area contributed by atoms with Crippen LogP contribution in [-0.4, -0.2) is 40.2 Å². The molecule has 0 radical (unpaired) electrons. The second-order valence-electron chi connectivity index (χ2n) is 4.75. The summed E-state index contributed by atoms with van der Waals surface area (Å²) < 4.78 is 0. The molecule has 1 aromatic rings. The summed E-state index contributed by atoms with van der Waals surface area (Å²) in [7, 11) is 0. The van der Waals surface area contributed by atoms with Gasteiger partial charge in [-0.05, 0) is 31.0 Å². The van der Waals surface area contributed by atoms with Crippen LogP contribution in [0.2, 0.25) is 0 Å². The summed E-state index contributed by atoms with van der Waals surface area (Å²) in [6.45, 7) is 3.34. The van der Waals surface area contributed by atoms with Gasteiger partial charge in [0.1, 0.15) is 5.75 Å². The molecule has 2 rings (SSSR count). The van der Waals surface area contributed by atoms with E-state index in [4.69, 9.17) is 0 Å². The summed E-state index contributed by atoms with van der Waals surface area (Å²) in [6.07, 6.45) is 1.02. The molecular weight excluding hydrogens is 262 g/mol. The second-order valence-corrected chi connectivity index (χ2v) is 7.31. The van der Waals surface area contributed by atoms with E-state index in [0.717, 1.165) is 18.2 Å². The van der Waals surface area contributed by atoms with Crippen molar-refractivity contribution in [3.8, 4) is 5.75 Å². The quantitative estimate of drug-likeness (QED) is 0.870. The van der Waals surface area contributed by atoms with E-state index in [9.17, 15) is 5.11 Å². The van der Waals surface area contributed by atoms with Gasteiger partial charge in [-0.25, -0.2) is 0 Å². The third-order valence-corrected chi connectivity index (χ3v) is 5.90. The van der Waals surface area contributed by atoms with Crippen LogP contribution in [0.3, 0.4) is 0 Å². The van der Waals surface area contributed by atoms with E-state index in [-0.39, 0.29) is 0 Å². The average Bonchev–Trinajstić information content (AvgIpc) is 2.40. The van der Waals surface area contributed by atoms with E-state index in [1.165, 1.54) is 22.8 Å². The topological polar surface area (TPSA) is 32.3 Å². The molecule has 1 heterocycles. The molecule has 0 saturated carbocycles. The van der Waals surface area contributed by atoms with Gasteiger partial charge in [-0.1, -0.05) is 12.1 Å². The summed E-state index contributed by atoms with van der Waals surface area (Å²) in [5.74, 6) is 4.23. The highest BCUT2D eigenvalue weighted by molar-refractivity contribution is 8.06. The molecule has 0 aliphatic carbocycles. The maximum atomic E-state index is 9.24. The molecule has 1 saturated heterocycles. The number of phenolic OH excluding ortho intramolecular Hbond substituents is 1. The highest BCUT2D eigenvalue weighted by Crippen LogP contribution is 2.23. The minimum absolute atomic E-state index is 0.343. The first-order valence-electron chi connectivity index (χ1n) is 6.44. The number of rotatable bonds is 5. The lowest BCUT2D eigenvalue weighted by Gasteiger charge is -2.23. The van der Waals surface area contributed by atoms with Crippen LogP contribution in [0.4, 0.5) is 0 Å². The van der Waals surface area contributed by atoms with Gasteiger partial charge in [0.05, 0.1) is 0 Å². The lowest BCUT2D eigenvalue weighted by molar-refractivity contribution is 0.474. The predicted octanol–water partition coefficient (Wildman–Crippen LogP) is 2.76. The normalized spacial score (nSPS) is 21.7. The molecule has 2 nitrogen and oxygen atoms in total. The fraction of sp³-hybridized carbons (Fsp3) is 0.571. The lowest BCUT2D eigenvalue weighted by Crippen LogP contribution is -2.36. The number of benzene rings is 1. The third-order valence-electron chi connectivity index (χ3n) is 3.06. The van der Waals surface area contributed by atoms with Crippen LogP contribution in [0.5, 0.6) is 5.75 Å². The summed E-state index contributed by atoms with van der Waals surface area (Å²) in [4.78, 5) is 0. The maximum Gasteiger partial charge on any atom is 0.115 e. The zero-order chi connectivity index (χ0) is 12.8. The van der Waals surface area contributed by atoms with Gasteiger partial charge in [0.25, 0.3) is 0 Å². The number of hydrogen-bond acceptors (Lipinski definition) is 4. The molecule has 2 atom stereocenters. The highest BCUT2D eigenvalue weighted by Gasteiger charge is 2.14. The van der Waals surface area contributed by atoms with Gasteiger partial charge >= 0.3 is 0 Å². The van der Waals surface area contributed by atoms with Crippen LogP contribution >= 0.6 is 23.5 Å². The standard InChI is InChI=1S/C14H21NOS2/c1-11(8-12-2-4-13(16)5-3-12)15-9-14-10-17-6-7-18-14/h2-5,11,14-16H,6-10H2,1H3. The summed E-state index contributed by atoms with van der Waals surface area (Å²) in [6, 6.07) is 8.00. The number of hydrogen-bond donors (Lipinski definition) is 2. The molecular formula is C14H21NOS2. The van der Waals surface area contributed by atoms with Crippen molar-refractivity contribution >= 4 is 23.5 Å². The third kappa shape index (κ3) is 4.75. The van der Waals surface area contributed by atoms with Crippen molar-refractivity contribution in [2.75, 3.05) is 23.8 Å². The van der Waals surface area contributed by atoms with Crippen molar-refractivity contribution in [3.63, 3.8) is 0 Å². The molecule has 1 aliphatic heterocycles. The van der Waals surface area contributed by atoms with Crippen molar-refractivity contribution in [1.82, 2.24) is 5.32 Å². The molecule has 0 aromatic heterocycles. The molecule has 1 aromatic carbocycles. The van der Waals surface area contributed by atoms with Gasteiger partial charge in [-0.3, -0.25) is 0 Å². The van der Waals surface area contributed by atoms with Crippen molar-refractivity contribution in [2.45, 2.75) is 24.6 Å². The minimum Gasteiger partial charge on any atom is -0.508 e. The Morgan fingerprint density at radius 1 is 1.33 bits per heavy atom. The Bertz CT molecular complexity index is 349. The average molecular weight is 283 g/mol. The summed E-state index contributed by atoms with van der Waals surface area (Å²) in [5, 5.41) is 13.6. The molecule has 18 heavy (non-hydrogen) atoms. The highest BCUT2D eigenvalue weighted by atomic mass is 32.2. The first kappa shape index (κ1) is 14.1. The largest absolute Gasteiger partial charge is 0.508 e. The summed E-state index contributed by atoms with van der Waals surface area (Å²) in [5.41, 5.74) is 1.28. The second kappa shape index (κ2) is 7.31.